The molecule has 0 aliphatic heterocycles. The molecular weight excluding hydrogens is 305 g/mol. The van der Waals surface area contributed by atoms with Crippen LogP contribution >= 0.6 is 15.9 Å². The molecule has 0 aromatic heterocycles. The maximum Gasteiger partial charge on any atom is 0.124 e. The Labute approximate surface area is 121 Å². The standard InChI is InChI=1S/C16H17BrFN/c1-10-4-3-5-11(2)14(10)9-16(19)13-7-6-12(18)8-15(13)17/h3-8,16H,9,19H2,1-2H3. The Morgan fingerprint density at radius 2 is 1.79 bits per heavy atom. The molecule has 0 radical (unpaired) electrons. The number of aryl methyl sites for hydroxylation is 2. The first kappa shape index (κ1) is 14.2. The van der Waals surface area contributed by atoms with Crippen LogP contribution in [0.2, 0.25) is 0 Å². The molecule has 0 amide bonds. The van der Waals surface area contributed by atoms with E-state index in [9.17, 15) is 4.39 Å². The molecule has 0 aliphatic rings. The monoisotopic (exact) mass is 321 g/mol. The van der Waals surface area contributed by atoms with Crippen LogP contribution in [0.4, 0.5) is 4.39 Å². The Morgan fingerprint density at radius 3 is 2.37 bits per heavy atom. The largest absolute Gasteiger partial charge is 0.324 e. The second-order valence-corrected chi connectivity index (χ2v) is 5.70. The van der Waals surface area contributed by atoms with E-state index in [1.807, 2.05) is 6.07 Å². The molecule has 2 rings (SSSR count). The van der Waals surface area contributed by atoms with Crippen LogP contribution in [0.1, 0.15) is 28.3 Å². The van der Waals surface area contributed by atoms with Gasteiger partial charge in [0.2, 0.25) is 0 Å². The maximum absolute atomic E-state index is 13.1. The molecule has 1 atom stereocenters. The Balaban J connectivity index is 2.28. The van der Waals surface area contributed by atoms with E-state index >= 15 is 0 Å². The van der Waals surface area contributed by atoms with Gasteiger partial charge in [-0.2, -0.15) is 0 Å². The molecule has 1 unspecified atom stereocenters. The van der Waals surface area contributed by atoms with Gasteiger partial charge in [0, 0.05) is 10.5 Å². The van der Waals surface area contributed by atoms with Gasteiger partial charge in [-0.1, -0.05) is 40.2 Å². The van der Waals surface area contributed by atoms with Crippen molar-refractivity contribution in [2.24, 2.45) is 5.73 Å². The minimum absolute atomic E-state index is 0.144. The van der Waals surface area contributed by atoms with Crippen LogP contribution in [-0.2, 0) is 6.42 Å². The maximum atomic E-state index is 13.1. The van der Waals surface area contributed by atoms with Gasteiger partial charge >= 0.3 is 0 Å². The molecule has 0 saturated carbocycles. The van der Waals surface area contributed by atoms with Gasteiger partial charge in [-0.15, -0.1) is 0 Å². The molecule has 2 N–H and O–H groups in total. The van der Waals surface area contributed by atoms with Crippen LogP contribution in [-0.4, -0.2) is 0 Å². The molecule has 1 nitrogen and oxygen atoms in total. The lowest BCUT2D eigenvalue weighted by molar-refractivity contribution is 0.622. The van der Waals surface area contributed by atoms with Gasteiger partial charge in [0.1, 0.15) is 5.82 Å². The summed E-state index contributed by atoms with van der Waals surface area (Å²) in [5.41, 5.74) is 11.0. The molecule has 0 spiro atoms. The van der Waals surface area contributed by atoms with Crippen molar-refractivity contribution in [1.82, 2.24) is 0 Å². The Bertz CT molecular complexity index is 575. The lowest BCUT2D eigenvalue weighted by atomic mass is 9.93. The summed E-state index contributed by atoms with van der Waals surface area (Å²) in [6, 6.07) is 10.7. The Kier molecular flexibility index (Phi) is 4.38. The van der Waals surface area contributed by atoms with Crippen molar-refractivity contribution in [3.63, 3.8) is 0 Å². The van der Waals surface area contributed by atoms with Crippen LogP contribution in [0.5, 0.6) is 0 Å². The van der Waals surface area contributed by atoms with Crippen molar-refractivity contribution in [1.29, 1.82) is 0 Å². The second kappa shape index (κ2) is 5.85. The molecule has 0 fully saturated rings. The summed E-state index contributed by atoms with van der Waals surface area (Å²) < 4.78 is 13.8. The number of halogens is 2. The highest BCUT2D eigenvalue weighted by Gasteiger charge is 2.13. The van der Waals surface area contributed by atoms with Crippen molar-refractivity contribution in [3.05, 3.63) is 68.9 Å². The average molecular weight is 322 g/mol. The average Bonchev–Trinajstić information content (AvgIpc) is 2.33. The fraction of sp³-hybridized carbons (Fsp3) is 0.250. The first-order valence-corrected chi connectivity index (χ1v) is 7.04. The predicted molar refractivity (Wildman–Crippen MR) is 80.6 cm³/mol. The normalized spacial score (nSPS) is 12.5. The Morgan fingerprint density at radius 1 is 1.16 bits per heavy atom. The highest BCUT2D eigenvalue weighted by Crippen LogP contribution is 2.27. The van der Waals surface area contributed by atoms with Crippen LogP contribution in [0.15, 0.2) is 40.9 Å². The summed E-state index contributed by atoms with van der Waals surface area (Å²) in [5, 5.41) is 0. The summed E-state index contributed by atoms with van der Waals surface area (Å²) >= 11 is 3.38. The van der Waals surface area contributed by atoms with E-state index in [0.29, 0.717) is 0 Å². The zero-order valence-electron chi connectivity index (χ0n) is 11.1. The van der Waals surface area contributed by atoms with E-state index in [1.54, 1.807) is 6.07 Å². The molecule has 0 heterocycles. The summed E-state index contributed by atoms with van der Waals surface area (Å²) in [4.78, 5) is 0. The second-order valence-electron chi connectivity index (χ2n) is 4.85. The first-order valence-electron chi connectivity index (χ1n) is 6.24. The number of hydrogen-bond acceptors (Lipinski definition) is 1. The van der Waals surface area contributed by atoms with Crippen molar-refractivity contribution in [3.8, 4) is 0 Å². The highest BCUT2D eigenvalue weighted by atomic mass is 79.9. The molecule has 2 aromatic carbocycles. The van der Waals surface area contributed by atoms with Crippen molar-refractivity contribution in [2.75, 3.05) is 0 Å². The Hall–Kier alpha value is -1.19. The van der Waals surface area contributed by atoms with Gasteiger partial charge in [0.05, 0.1) is 0 Å². The van der Waals surface area contributed by atoms with Gasteiger partial charge < -0.3 is 5.73 Å². The van der Waals surface area contributed by atoms with Crippen LogP contribution in [0.3, 0.4) is 0 Å². The summed E-state index contributed by atoms with van der Waals surface area (Å²) in [5.74, 6) is -0.255. The van der Waals surface area contributed by atoms with Gasteiger partial charge in [0.25, 0.3) is 0 Å². The number of benzene rings is 2. The van der Waals surface area contributed by atoms with E-state index in [0.717, 1.165) is 16.5 Å². The predicted octanol–water partition coefficient (Wildman–Crippen LogP) is 4.45. The summed E-state index contributed by atoms with van der Waals surface area (Å²) in [7, 11) is 0. The topological polar surface area (TPSA) is 26.0 Å². The lowest BCUT2D eigenvalue weighted by Gasteiger charge is -2.17. The molecule has 3 heteroatoms. The number of rotatable bonds is 3. The molecule has 100 valence electrons. The van der Waals surface area contributed by atoms with Gasteiger partial charge in [0.15, 0.2) is 0 Å². The van der Waals surface area contributed by atoms with Crippen molar-refractivity contribution < 1.29 is 4.39 Å². The third-order valence-corrected chi connectivity index (χ3v) is 4.12. The van der Waals surface area contributed by atoms with Gasteiger partial charge in [-0.3, -0.25) is 0 Å². The fourth-order valence-corrected chi connectivity index (χ4v) is 2.95. The first-order chi connectivity index (χ1) is 8.99. The minimum atomic E-state index is -0.255. The van der Waals surface area contributed by atoms with Gasteiger partial charge in [-0.25, -0.2) is 4.39 Å². The smallest absolute Gasteiger partial charge is 0.124 e. The SMILES string of the molecule is Cc1cccc(C)c1CC(N)c1ccc(F)cc1Br. The number of nitrogens with two attached hydrogens (primary N) is 1. The van der Waals surface area contributed by atoms with Crippen LogP contribution < -0.4 is 5.73 Å². The van der Waals surface area contributed by atoms with Crippen molar-refractivity contribution in [2.45, 2.75) is 26.3 Å². The highest BCUT2D eigenvalue weighted by molar-refractivity contribution is 9.10. The quantitative estimate of drug-likeness (QED) is 0.888. The zero-order valence-corrected chi connectivity index (χ0v) is 12.7. The van der Waals surface area contributed by atoms with Crippen LogP contribution in [0, 0.1) is 19.7 Å². The molecule has 0 aliphatic carbocycles. The van der Waals surface area contributed by atoms with E-state index in [4.69, 9.17) is 5.73 Å². The van der Waals surface area contributed by atoms with Crippen LogP contribution in [0.25, 0.3) is 0 Å². The lowest BCUT2D eigenvalue weighted by Crippen LogP contribution is -2.15. The van der Waals surface area contributed by atoms with Crippen molar-refractivity contribution >= 4 is 15.9 Å². The molecule has 0 saturated heterocycles. The number of hydrogen-bond donors (Lipinski definition) is 1. The summed E-state index contributed by atoms with van der Waals surface area (Å²) in [6.45, 7) is 4.18. The van der Waals surface area contributed by atoms with E-state index in [1.165, 1.54) is 28.8 Å². The summed E-state index contributed by atoms with van der Waals surface area (Å²) in [6.07, 6.45) is 0.753. The third kappa shape index (κ3) is 3.23. The van der Waals surface area contributed by atoms with E-state index in [2.05, 4.69) is 41.9 Å². The third-order valence-electron chi connectivity index (χ3n) is 3.43. The zero-order chi connectivity index (χ0) is 14.0. The van der Waals surface area contributed by atoms with E-state index < -0.39 is 0 Å². The molecule has 19 heavy (non-hydrogen) atoms. The molecule has 2 aromatic rings. The van der Waals surface area contributed by atoms with E-state index in [-0.39, 0.29) is 11.9 Å². The van der Waals surface area contributed by atoms with Gasteiger partial charge in [-0.05, 0) is 54.7 Å². The molecule has 0 bridgehead atoms. The minimum Gasteiger partial charge on any atom is -0.324 e. The fourth-order valence-electron chi connectivity index (χ4n) is 2.30. The molecular formula is C16H17BrFN.